The van der Waals surface area contributed by atoms with Crippen LogP contribution in [0.5, 0.6) is 5.75 Å². The summed E-state index contributed by atoms with van der Waals surface area (Å²) in [5, 5.41) is 3.80. The summed E-state index contributed by atoms with van der Waals surface area (Å²) in [6, 6.07) is 16.0. The Kier molecular flexibility index (Phi) is 6.67. The van der Waals surface area contributed by atoms with Gasteiger partial charge in [0.05, 0.1) is 18.7 Å². The van der Waals surface area contributed by atoms with Gasteiger partial charge in [-0.1, -0.05) is 41.9 Å². The van der Waals surface area contributed by atoms with Crippen molar-refractivity contribution < 1.29 is 9.53 Å². The number of halogens is 1. The fourth-order valence-electron chi connectivity index (χ4n) is 3.45. The lowest BCUT2D eigenvalue weighted by atomic mass is 10.1. The van der Waals surface area contributed by atoms with Gasteiger partial charge in [0.2, 0.25) is 0 Å². The van der Waals surface area contributed by atoms with Crippen molar-refractivity contribution in [3.63, 3.8) is 0 Å². The first-order valence-corrected chi connectivity index (χ1v) is 9.43. The van der Waals surface area contributed by atoms with Crippen molar-refractivity contribution in [3.05, 3.63) is 64.7 Å². The maximum atomic E-state index is 12.5. The molecule has 0 spiro atoms. The molecule has 2 aromatic rings. The van der Waals surface area contributed by atoms with Crippen LogP contribution in [0.4, 0.5) is 0 Å². The predicted octanol–water partition coefficient (Wildman–Crippen LogP) is 3.96. The van der Waals surface area contributed by atoms with E-state index in [1.165, 1.54) is 18.4 Å². The molecule has 0 saturated carbocycles. The monoisotopic (exact) mass is 372 g/mol. The third-order valence-electron chi connectivity index (χ3n) is 4.86. The quantitative estimate of drug-likeness (QED) is 0.712. The molecule has 1 saturated heterocycles. The van der Waals surface area contributed by atoms with E-state index in [0.717, 1.165) is 19.6 Å². The fourth-order valence-corrected chi connectivity index (χ4v) is 3.71. The van der Waals surface area contributed by atoms with Crippen LogP contribution in [0.1, 0.15) is 34.8 Å². The molecular weight excluding hydrogens is 348 g/mol. The number of ketones is 1. The molecule has 0 aliphatic carbocycles. The topological polar surface area (TPSA) is 41.6 Å². The van der Waals surface area contributed by atoms with Gasteiger partial charge in [-0.15, -0.1) is 0 Å². The van der Waals surface area contributed by atoms with Crippen LogP contribution in [-0.4, -0.2) is 44.0 Å². The van der Waals surface area contributed by atoms with Crippen molar-refractivity contribution >= 4 is 17.4 Å². The average Bonchev–Trinajstić information content (AvgIpc) is 3.20. The van der Waals surface area contributed by atoms with E-state index < -0.39 is 0 Å². The second-order valence-corrected chi connectivity index (χ2v) is 6.98. The van der Waals surface area contributed by atoms with E-state index in [1.807, 2.05) is 6.07 Å². The summed E-state index contributed by atoms with van der Waals surface area (Å²) < 4.78 is 5.13. The van der Waals surface area contributed by atoms with Crippen molar-refractivity contribution in [1.29, 1.82) is 0 Å². The highest BCUT2D eigenvalue weighted by Gasteiger charge is 2.23. The van der Waals surface area contributed by atoms with E-state index in [2.05, 4.69) is 34.5 Å². The van der Waals surface area contributed by atoms with Crippen molar-refractivity contribution in [2.24, 2.45) is 0 Å². The Morgan fingerprint density at radius 2 is 1.92 bits per heavy atom. The molecule has 1 unspecified atom stereocenters. The molecule has 2 aromatic carbocycles. The maximum Gasteiger partial charge on any atom is 0.176 e. The van der Waals surface area contributed by atoms with Crippen molar-refractivity contribution in [1.82, 2.24) is 10.2 Å². The summed E-state index contributed by atoms with van der Waals surface area (Å²) in [6.45, 7) is 3.27. The van der Waals surface area contributed by atoms with Gasteiger partial charge in [0.15, 0.2) is 5.78 Å². The van der Waals surface area contributed by atoms with Crippen LogP contribution in [0.2, 0.25) is 5.02 Å². The Morgan fingerprint density at radius 3 is 2.58 bits per heavy atom. The van der Waals surface area contributed by atoms with Crippen LogP contribution in [-0.2, 0) is 0 Å². The van der Waals surface area contributed by atoms with Crippen molar-refractivity contribution in [2.75, 3.05) is 33.3 Å². The Balaban J connectivity index is 1.60. The van der Waals surface area contributed by atoms with Crippen LogP contribution < -0.4 is 10.1 Å². The molecule has 0 amide bonds. The van der Waals surface area contributed by atoms with Crippen molar-refractivity contribution in [2.45, 2.75) is 18.9 Å². The van der Waals surface area contributed by atoms with Gasteiger partial charge >= 0.3 is 0 Å². The number of Topliss-reactive ketones (excluding diaryl/α,β-unsaturated/α-hetero) is 1. The molecule has 0 bridgehead atoms. The molecule has 5 heteroatoms. The van der Waals surface area contributed by atoms with Gasteiger partial charge in [0.1, 0.15) is 5.75 Å². The molecule has 138 valence electrons. The number of benzene rings is 2. The van der Waals surface area contributed by atoms with E-state index in [9.17, 15) is 4.79 Å². The van der Waals surface area contributed by atoms with Crippen LogP contribution in [0.25, 0.3) is 0 Å². The molecule has 0 aromatic heterocycles. The lowest BCUT2D eigenvalue weighted by Gasteiger charge is -2.28. The highest BCUT2D eigenvalue weighted by atomic mass is 35.5. The molecule has 1 heterocycles. The SMILES string of the molecule is COc1ccc(C(=O)CNCC(c2ccccc2)N2CCCC2)cc1Cl. The summed E-state index contributed by atoms with van der Waals surface area (Å²) in [7, 11) is 1.56. The van der Waals surface area contributed by atoms with Gasteiger partial charge in [-0.05, 0) is 49.7 Å². The third-order valence-corrected chi connectivity index (χ3v) is 5.16. The normalized spacial score (nSPS) is 15.8. The van der Waals surface area contributed by atoms with E-state index >= 15 is 0 Å². The Bertz CT molecular complexity index is 730. The Labute approximate surface area is 160 Å². The van der Waals surface area contributed by atoms with E-state index in [4.69, 9.17) is 16.3 Å². The number of nitrogens with one attached hydrogen (secondary N) is 1. The first-order chi connectivity index (χ1) is 12.7. The van der Waals surface area contributed by atoms with E-state index in [0.29, 0.717) is 28.9 Å². The van der Waals surface area contributed by atoms with Gasteiger partial charge in [-0.3, -0.25) is 9.69 Å². The summed E-state index contributed by atoms with van der Waals surface area (Å²) >= 11 is 6.12. The molecule has 0 radical (unpaired) electrons. The van der Waals surface area contributed by atoms with Crippen LogP contribution >= 0.6 is 11.6 Å². The molecular formula is C21H25ClN2O2. The van der Waals surface area contributed by atoms with E-state index in [-0.39, 0.29) is 5.78 Å². The molecule has 1 N–H and O–H groups in total. The van der Waals surface area contributed by atoms with Gasteiger partial charge in [0, 0.05) is 18.2 Å². The molecule has 4 nitrogen and oxygen atoms in total. The van der Waals surface area contributed by atoms with Crippen LogP contribution in [0.15, 0.2) is 48.5 Å². The van der Waals surface area contributed by atoms with Crippen LogP contribution in [0.3, 0.4) is 0 Å². The fraction of sp³-hybridized carbons (Fsp3) is 0.381. The molecule has 1 aliphatic heterocycles. The first-order valence-electron chi connectivity index (χ1n) is 9.05. The lowest BCUT2D eigenvalue weighted by molar-refractivity contribution is 0.0987. The number of methoxy groups -OCH3 is 1. The number of rotatable bonds is 8. The number of hydrogen-bond donors (Lipinski definition) is 1. The minimum absolute atomic E-state index is 0.0304. The lowest BCUT2D eigenvalue weighted by Crippen LogP contribution is -2.36. The number of carbonyl (C=O) groups is 1. The second kappa shape index (κ2) is 9.17. The highest BCUT2D eigenvalue weighted by molar-refractivity contribution is 6.32. The molecule has 26 heavy (non-hydrogen) atoms. The second-order valence-electron chi connectivity index (χ2n) is 6.57. The predicted molar refractivity (Wildman–Crippen MR) is 105 cm³/mol. The van der Waals surface area contributed by atoms with E-state index in [1.54, 1.807) is 25.3 Å². The number of nitrogens with zero attached hydrogens (tertiary/aromatic N) is 1. The summed E-state index contributed by atoms with van der Waals surface area (Å²) in [5.41, 5.74) is 1.89. The average molecular weight is 373 g/mol. The molecule has 1 aliphatic rings. The standard InChI is InChI=1S/C21H25ClN2O2/c1-26-21-10-9-17(13-18(21)22)20(25)15-23-14-19(24-11-5-6-12-24)16-7-3-2-4-8-16/h2-4,7-10,13,19,23H,5-6,11-12,14-15H2,1H3. The van der Waals surface area contributed by atoms with Gasteiger partial charge < -0.3 is 10.1 Å². The summed E-state index contributed by atoms with van der Waals surface area (Å²) in [6.07, 6.45) is 2.49. The first kappa shape index (κ1) is 18.9. The Morgan fingerprint density at radius 1 is 1.19 bits per heavy atom. The van der Waals surface area contributed by atoms with Gasteiger partial charge in [-0.2, -0.15) is 0 Å². The van der Waals surface area contributed by atoms with Gasteiger partial charge in [-0.25, -0.2) is 0 Å². The third kappa shape index (κ3) is 4.64. The molecule has 1 fully saturated rings. The number of ether oxygens (including phenoxy) is 1. The zero-order valence-corrected chi connectivity index (χ0v) is 15.8. The minimum atomic E-state index is 0.0304. The zero-order chi connectivity index (χ0) is 18.4. The zero-order valence-electron chi connectivity index (χ0n) is 15.1. The smallest absolute Gasteiger partial charge is 0.176 e. The summed E-state index contributed by atoms with van der Waals surface area (Å²) in [4.78, 5) is 15.0. The molecule has 1 atom stereocenters. The molecule has 3 rings (SSSR count). The number of likely N-dealkylation sites (tertiary alicyclic amines) is 1. The number of hydrogen-bond acceptors (Lipinski definition) is 4. The van der Waals surface area contributed by atoms with Crippen molar-refractivity contribution in [3.8, 4) is 5.75 Å². The Hall–Kier alpha value is -1.88. The highest BCUT2D eigenvalue weighted by Crippen LogP contribution is 2.26. The number of carbonyl (C=O) groups excluding carboxylic acids is 1. The van der Waals surface area contributed by atoms with Crippen LogP contribution in [0, 0.1) is 0 Å². The maximum absolute atomic E-state index is 12.5. The van der Waals surface area contributed by atoms with Gasteiger partial charge in [0.25, 0.3) is 0 Å². The summed E-state index contributed by atoms with van der Waals surface area (Å²) in [5.74, 6) is 0.608. The minimum Gasteiger partial charge on any atom is -0.495 e. The largest absolute Gasteiger partial charge is 0.495 e.